The number of anilines is 1. The number of aromatic nitrogens is 4. The van der Waals surface area contributed by atoms with Crippen molar-refractivity contribution < 1.29 is 9.53 Å². The fourth-order valence-corrected chi connectivity index (χ4v) is 3.60. The van der Waals surface area contributed by atoms with Crippen LogP contribution < -0.4 is 10.1 Å². The van der Waals surface area contributed by atoms with Crippen LogP contribution in [-0.2, 0) is 11.2 Å². The second-order valence-electron chi connectivity index (χ2n) is 7.86. The zero-order chi connectivity index (χ0) is 21.8. The Morgan fingerprint density at radius 3 is 2.50 bits per heavy atom. The molecule has 3 aromatic carbocycles. The number of hydrogen-bond donors (Lipinski definition) is 1. The fraction of sp³-hybridized carbons (Fsp3) is 0.200. The molecule has 1 amide bonds. The molecule has 0 saturated heterocycles. The Labute approximate surface area is 186 Å². The van der Waals surface area contributed by atoms with Gasteiger partial charge in [-0.15, -0.1) is 5.10 Å². The average Bonchev–Trinajstić information content (AvgIpc) is 3.56. The van der Waals surface area contributed by atoms with Gasteiger partial charge in [0, 0.05) is 17.7 Å². The van der Waals surface area contributed by atoms with Gasteiger partial charge in [0.15, 0.2) is 12.4 Å². The number of tetrazole rings is 1. The fourth-order valence-electron chi connectivity index (χ4n) is 3.60. The van der Waals surface area contributed by atoms with Gasteiger partial charge >= 0.3 is 0 Å². The van der Waals surface area contributed by atoms with E-state index in [9.17, 15) is 4.79 Å². The van der Waals surface area contributed by atoms with Crippen LogP contribution in [0.3, 0.4) is 0 Å². The molecule has 1 heterocycles. The zero-order valence-electron chi connectivity index (χ0n) is 17.5. The largest absolute Gasteiger partial charge is 0.483 e. The Morgan fingerprint density at radius 2 is 1.72 bits per heavy atom. The lowest BCUT2D eigenvalue weighted by molar-refractivity contribution is -0.118. The van der Waals surface area contributed by atoms with E-state index < -0.39 is 0 Å². The molecule has 0 bridgehead atoms. The Morgan fingerprint density at radius 1 is 0.969 bits per heavy atom. The number of hydrogen-bond acceptors (Lipinski definition) is 5. The summed E-state index contributed by atoms with van der Waals surface area (Å²) in [4.78, 5) is 12.4. The summed E-state index contributed by atoms with van der Waals surface area (Å²) >= 11 is 0. The van der Waals surface area contributed by atoms with Crippen LogP contribution in [0.25, 0.3) is 11.4 Å². The summed E-state index contributed by atoms with van der Waals surface area (Å²) in [5.41, 5.74) is 3.86. The topological polar surface area (TPSA) is 81.9 Å². The zero-order valence-corrected chi connectivity index (χ0v) is 17.5. The van der Waals surface area contributed by atoms with Gasteiger partial charge in [0.25, 0.3) is 5.91 Å². The molecule has 160 valence electrons. The number of para-hydroxylation sites is 1. The van der Waals surface area contributed by atoms with Gasteiger partial charge in [0.2, 0.25) is 0 Å². The molecule has 32 heavy (non-hydrogen) atoms. The van der Waals surface area contributed by atoms with Crippen molar-refractivity contribution in [2.75, 3.05) is 11.9 Å². The van der Waals surface area contributed by atoms with E-state index in [4.69, 9.17) is 4.74 Å². The minimum atomic E-state index is -0.213. The minimum Gasteiger partial charge on any atom is -0.483 e. The summed E-state index contributed by atoms with van der Waals surface area (Å²) in [6, 6.07) is 25.9. The summed E-state index contributed by atoms with van der Waals surface area (Å²) in [6.45, 7) is -0.0620. The first kappa shape index (κ1) is 19.9. The predicted molar refractivity (Wildman–Crippen MR) is 121 cm³/mol. The quantitative estimate of drug-likeness (QED) is 0.456. The third kappa shape index (κ3) is 4.67. The van der Waals surface area contributed by atoms with Crippen LogP contribution in [0.2, 0.25) is 0 Å². The molecule has 1 aliphatic carbocycles. The highest BCUT2D eigenvalue weighted by atomic mass is 16.5. The molecule has 0 radical (unpaired) electrons. The highest BCUT2D eigenvalue weighted by Gasteiger charge is 2.28. The summed E-state index contributed by atoms with van der Waals surface area (Å²) < 4.78 is 7.70. The number of amides is 1. The summed E-state index contributed by atoms with van der Waals surface area (Å²) in [7, 11) is 0. The smallest absolute Gasteiger partial charge is 0.262 e. The maximum atomic E-state index is 12.4. The van der Waals surface area contributed by atoms with Crippen molar-refractivity contribution in [2.24, 2.45) is 0 Å². The number of benzene rings is 3. The Kier molecular flexibility index (Phi) is 5.61. The lowest BCUT2D eigenvalue weighted by atomic mass is 10.0. The second-order valence-corrected chi connectivity index (χ2v) is 7.86. The molecule has 0 aliphatic heterocycles. The van der Waals surface area contributed by atoms with Gasteiger partial charge in [-0.25, -0.2) is 4.68 Å². The molecular weight excluding hydrogens is 402 g/mol. The van der Waals surface area contributed by atoms with Crippen LogP contribution >= 0.6 is 0 Å². The van der Waals surface area contributed by atoms with Crippen molar-refractivity contribution in [1.29, 1.82) is 0 Å². The molecule has 1 fully saturated rings. The van der Waals surface area contributed by atoms with E-state index in [0.29, 0.717) is 17.5 Å². The van der Waals surface area contributed by atoms with Gasteiger partial charge in [0.1, 0.15) is 5.75 Å². The van der Waals surface area contributed by atoms with Crippen molar-refractivity contribution in [1.82, 2.24) is 20.2 Å². The molecular formula is C25H23N5O2. The molecule has 0 spiro atoms. The van der Waals surface area contributed by atoms with Crippen LogP contribution in [0.1, 0.15) is 30.0 Å². The van der Waals surface area contributed by atoms with E-state index in [1.807, 2.05) is 71.4 Å². The van der Waals surface area contributed by atoms with Gasteiger partial charge in [0.05, 0.1) is 6.04 Å². The highest BCUT2D eigenvalue weighted by molar-refractivity contribution is 5.92. The maximum Gasteiger partial charge on any atom is 0.262 e. The second kappa shape index (κ2) is 9.01. The molecule has 0 atom stereocenters. The molecule has 0 unspecified atom stereocenters. The third-order valence-electron chi connectivity index (χ3n) is 5.38. The lowest BCUT2D eigenvalue weighted by Crippen LogP contribution is -2.20. The number of ether oxygens (including phenoxy) is 1. The Bertz CT molecular complexity index is 1200. The van der Waals surface area contributed by atoms with E-state index in [-0.39, 0.29) is 12.5 Å². The van der Waals surface area contributed by atoms with Gasteiger partial charge in [-0.3, -0.25) is 4.79 Å². The van der Waals surface area contributed by atoms with Gasteiger partial charge in [-0.2, -0.15) is 0 Å². The molecule has 4 aromatic rings. The minimum absolute atomic E-state index is 0.0620. The first-order valence-electron chi connectivity index (χ1n) is 10.7. The lowest BCUT2D eigenvalue weighted by Gasteiger charge is -2.12. The number of carbonyl (C=O) groups excluding carboxylic acids is 1. The van der Waals surface area contributed by atoms with Crippen LogP contribution in [0.5, 0.6) is 5.75 Å². The summed E-state index contributed by atoms with van der Waals surface area (Å²) in [5, 5.41) is 14.9. The maximum absolute atomic E-state index is 12.4. The first-order chi connectivity index (χ1) is 15.8. The van der Waals surface area contributed by atoms with E-state index in [2.05, 4.69) is 33.0 Å². The third-order valence-corrected chi connectivity index (χ3v) is 5.38. The first-order valence-corrected chi connectivity index (χ1v) is 10.7. The van der Waals surface area contributed by atoms with Crippen molar-refractivity contribution in [2.45, 2.75) is 25.3 Å². The predicted octanol–water partition coefficient (Wildman–Crippen LogP) is 4.28. The van der Waals surface area contributed by atoms with Gasteiger partial charge in [-0.1, -0.05) is 48.5 Å². The molecule has 1 saturated carbocycles. The molecule has 1 N–H and O–H groups in total. The Hall–Kier alpha value is -4.00. The molecule has 1 aromatic heterocycles. The van der Waals surface area contributed by atoms with E-state index in [1.165, 1.54) is 5.56 Å². The van der Waals surface area contributed by atoms with Crippen molar-refractivity contribution in [3.63, 3.8) is 0 Å². The van der Waals surface area contributed by atoms with E-state index >= 15 is 0 Å². The van der Waals surface area contributed by atoms with Crippen molar-refractivity contribution >= 4 is 11.6 Å². The normalized spacial score (nSPS) is 13.0. The van der Waals surface area contributed by atoms with Crippen LogP contribution in [0, 0.1) is 0 Å². The summed E-state index contributed by atoms with van der Waals surface area (Å²) in [5.74, 6) is 1.26. The highest BCUT2D eigenvalue weighted by Crippen LogP contribution is 2.36. The number of carbonyl (C=O) groups is 1. The Balaban J connectivity index is 1.19. The molecule has 7 heteroatoms. The van der Waals surface area contributed by atoms with Crippen LogP contribution in [0.15, 0.2) is 78.9 Å². The standard InChI is InChI=1S/C25H23N5O2/c31-24(17-32-23-9-5-4-8-20(23)16-18-6-2-1-3-7-18)26-21-12-10-19(11-13-21)25-27-28-29-30(25)22-14-15-22/h1-13,22H,14-17H2,(H,26,31). The van der Waals surface area contributed by atoms with Crippen LogP contribution in [0.4, 0.5) is 5.69 Å². The van der Waals surface area contributed by atoms with Crippen molar-refractivity contribution in [3.8, 4) is 17.1 Å². The molecule has 5 rings (SSSR count). The van der Waals surface area contributed by atoms with E-state index in [1.54, 1.807) is 0 Å². The monoisotopic (exact) mass is 425 g/mol. The molecule has 1 aliphatic rings. The van der Waals surface area contributed by atoms with Gasteiger partial charge < -0.3 is 10.1 Å². The van der Waals surface area contributed by atoms with Crippen molar-refractivity contribution in [3.05, 3.63) is 90.0 Å². The number of nitrogens with one attached hydrogen (secondary N) is 1. The average molecular weight is 425 g/mol. The van der Waals surface area contributed by atoms with E-state index in [0.717, 1.165) is 36.2 Å². The van der Waals surface area contributed by atoms with Crippen LogP contribution in [-0.4, -0.2) is 32.7 Å². The molecule has 7 nitrogen and oxygen atoms in total. The number of nitrogens with zero attached hydrogens (tertiary/aromatic N) is 4. The number of rotatable bonds is 8. The SMILES string of the molecule is O=C(COc1ccccc1Cc1ccccc1)Nc1ccc(-c2nnnn2C2CC2)cc1. The summed E-state index contributed by atoms with van der Waals surface area (Å²) in [6.07, 6.45) is 2.97. The van der Waals surface area contributed by atoms with Gasteiger partial charge in [-0.05, 0) is 64.7 Å².